The molecule has 3 nitrogen and oxygen atoms in total. The summed E-state index contributed by atoms with van der Waals surface area (Å²) in [6, 6.07) is 7.81. The monoisotopic (exact) mass is 220 g/mol. The quantitative estimate of drug-likeness (QED) is 0.863. The second-order valence-corrected chi connectivity index (χ2v) is 4.10. The Bertz CT molecular complexity index is 478. The number of rotatable bonds is 3. The SMILES string of the molecule is CCCC(=O)Nc1snc2ccccc12. The predicted molar refractivity (Wildman–Crippen MR) is 63.2 cm³/mol. The smallest absolute Gasteiger partial charge is 0.225 e. The van der Waals surface area contributed by atoms with Crippen LogP contribution in [0.4, 0.5) is 5.00 Å². The molecular formula is C11H12N2OS. The van der Waals surface area contributed by atoms with E-state index in [0.717, 1.165) is 22.3 Å². The third kappa shape index (κ3) is 2.15. The van der Waals surface area contributed by atoms with Gasteiger partial charge in [-0.1, -0.05) is 19.1 Å². The molecule has 2 aromatic rings. The van der Waals surface area contributed by atoms with E-state index in [0.29, 0.717) is 6.42 Å². The normalized spacial score (nSPS) is 10.5. The third-order valence-corrected chi connectivity index (χ3v) is 2.91. The van der Waals surface area contributed by atoms with Crippen LogP contribution < -0.4 is 5.32 Å². The van der Waals surface area contributed by atoms with Gasteiger partial charge >= 0.3 is 0 Å². The first-order valence-electron chi connectivity index (χ1n) is 4.95. The first-order chi connectivity index (χ1) is 7.31. The van der Waals surface area contributed by atoms with Crippen LogP contribution in [-0.2, 0) is 4.79 Å². The molecule has 78 valence electrons. The topological polar surface area (TPSA) is 42.0 Å². The van der Waals surface area contributed by atoms with Crippen molar-refractivity contribution in [1.29, 1.82) is 0 Å². The molecule has 0 atom stereocenters. The molecule has 1 heterocycles. The summed E-state index contributed by atoms with van der Waals surface area (Å²) in [4.78, 5) is 11.4. The third-order valence-electron chi connectivity index (χ3n) is 2.11. The van der Waals surface area contributed by atoms with Crippen molar-refractivity contribution in [2.75, 3.05) is 5.32 Å². The van der Waals surface area contributed by atoms with Gasteiger partial charge in [0.2, 0.25) is 5.91 Å². The molecule has 0 aliphatic heterocycles. The van der Waals surface area contributed by atoms with E-state index in [1.807, 2.05) is 31.2 Å². The van der Waals surface area contributed by atoms with Crippen molar-refractivity contribution < 1.29 is 4.79 Å². The Hall–Kier alpha value is -1.42. The van der Waals surface area contributed by atoms with Gasteiger partial charge in [0, 0.05) is 11.8 Å². The summed E-state index contributed by atoms with van der Waals surface area (Å²) in [6.07, 6.45) is 1.43. The molecule has 0 bridgehead atoms. The minimum atomic E-state index is 0.0619. The lowest BCUT2D eigenvalue weighted by molar-refractivity contribution is -0.116. The molecule has 1 aromatic carbocycles. The van der Waals surface area contributed by atoms with E-state index in [9.17, 15) is 4.79 Å². The van der Waals surface area contributed by atoms with E-state index < -0.39 is 0 Å². The van der Waals surface area contributed by atoms with Crippen molar-refractivity contribution in [2.24, 2.45) is 0 Å². The summed E-state index contributed by atoms with van der Waals surface area (Å²) in [5.41, 5.74) is 0.939. The van der Waals surface area contributed by atoms with Crippen LogP contribution in [0.5, 0.6) is 0 Å². The van der Waals surface area contributed by atoms with Gasteiger partial charge in [-0.15, -0.1) is 0 Å². The summed E-state index contributed by atoms with van der Waals surface area (Å²) in [6.45, 7) is 1.99. The molecule has 0 radical (unpaired) electrons. The Labute approximate surface area is 92.3 Å². The second kappa shape index (κ2) is 4.40. The van der Waals surface area contributed by atoms with Crippen LogP contribution in [0.2, 0.25) is 0 Å². The molecule has 0 saturated carbocycles. The fraction of sp³-hybridized carbons (Fsp3) is 0.273. The van der Waals surface area contributed by atoms with Crippen LogP contribution in [0, 0.1) is 0 Å². The van der Waals surface area contributed by atoms with E-state index in [1.54, 1.807) is 0 Å². The van der Waals surface area contributed by atoms with E-state index in [-0.39, 0.29) is 5.91 Å². The van der Waals surface area contributed by atoms with Crippen LogP contribution in [0.25, 0.3) is 10.9 Å². The van der Waals surface area contributed by atoms with Crippen molar-refractivity contribution in [3.05, 3.63) is 24.3 Å². The van der Waals surface area contributed by atoms with Gasteiger partial charge < -0.3 is 5.32 Å². The number of benzene rings is 1. The van der Waals surface area contributed by atoms with Crippen LogP contribution in [-0.4, -0.2) is 10.3 Å². The molecule has 4 heteroatoms. The fourth-order valence-electron chi connectivity index (χ4n) is 1.40. The molecule has 0 spiro atoms. The average molecular weight is 220 g/mol. The van der Waals surface area contributed by atoms with Crippen molar-refractivity contribution in [3.8, 4) is 0 Å². The van der Waals surface area contributed by atoms with Gasteiger partial charge in [-0.2, -0.15) is 4.37 Å². The average Bonchev–Trinajstić information content (AvgIpc) is 2.62. The molecule has 1 amide bonds. The predicted octanol–water partition coefficient (Wildman–Crippen LogP) is 3.03. The number of amides is 1. The fourth-order valence-corrected chi connectivity index (χ4v) is 2.17. The maximum atomic E-state index is 11.4. The Morgan fingerprint density at radius 3 is 3.07 bits per heavy atom. The van der Waals surface area contributed by atoms with Gasteiger partial charge in [0.1, 0.15) is 5.00 Å². The van der Waals surface area contributed by atoms with Gasteiger partial charge in [-0.3, -0.25) is 4.79 Å². The van der Waals surface area contributed by atoms with Gasteiger partial charge in [-0.05, 0) is 30.1 Å². The molecule has 1 N–H and O–H groups in total. The number of hydrogen-bond acceptors (Lipinski definition) is 3. The highest BCUT2D eigenvalue weighted by Crippen LogP contribution is 2.27. The second-order valence-electron chi connectivity index (χ2n) is 3.33. The zero-order valence-corrected chi connectivity index (χ0v) is 9.30. The number of hydrogen-bond donors (Lipinski definition) is 1. The van der Waals surface area contributed by atoms with E-state index >= 15 is 0 Å². The van der Waals surface area contributed by atoms with Gasteiger partial charge in [0.25, 0.3) is 0 Å². The zero-order chi connectivity index (χ0) is 10.7. The molecule has 0 fully saturated rings. The van der Waals surface area contributed by atoms with Crippen molar-refractivity contribution in [1.82, 2.24) is 4.37 Å². The lowest BCUT2D eigenvalue weighted by Crippen LogP contribution is -2.09. The largest absolute Gasteiger partial charge is 0.316 e. The van der Waals surface area contributed by atoms with E-state index in [1.165, 1.54) is 11.5 Å². The Balaban J connectivity index is 2.25. The van der Waals surface area contributed by atoms with Gasteiger partial charge in [-0.25, -0.2) is 0 Å². The number of fused-ring (bicyclic) bond motifs is 1. The van der Waals surface area contributed by atoms with Crippen LogP contribution in [0.1, 0.15) is 19.8 Å². The maximum Gasteiger partial charge on any atom is 0.225 e. The minimum Gasteiger partial charge on any atom is -0.316 e. The standard InChI is InChI=1S/C11H12N2OS/c1-2-5-10(14)12-11-8-6-3-4-7-9(8)13-15-11/h3-4,6-7H,2,5H2,1H3,(H,12,14). The number of carbonyl (C=O) groups excluding carboxylic acids is 1. The molecule has 15 heavy (non-hydrogen) atoms. The van der Waals surface area contributed by atoms with Crippen LogP contribution in [0.15, 0.2) is 24.3 Å². The summed E-state index contributed by atoms with van der Waals surface area (Å²) in [5, 5.41) is 4.75. The summed E-state index contributed by atoms with van der Waals surface area (Å²) in [5.74, 6) is 0.0619. The minimum absolute atomic E-state index is 0.0619. The molecule has 1 aromatic heterocycles. The highest BCUT2D eigenvalue weighted by atomic mass is 32.1. The molecule has 2 rings (SSSR count). The Kier molecular flexibility index (Phi) is 2.97. The van der Waals surface area contributed by atoms with Crippen LogP contribution in [0.3, 0.4) is 0 Å². The number of carbonyl (C=O) groups is 1. The first-order valence-corrected chi connectivity index (χ1v) is 5.73. The molecule has 0 unspecified atom stereocenters. The molecule has 0 saturated heterocycles. The Morgan fingerprint density at radius 2 is 2.27 bits per heavy atom. The summed E-state index contributed by atoms with van der Waals surface area (Å²) >= 11 is 1.34. The maximum absolute atomic E-state index is 11.4. The molecule has 0 aliphatic rings. The lowest BCUT2D eigenvalue weighted by Gasteiger charge is -2.00. The lowest BCUT2D eigenvalue weighted by atomic mass is 10.2. The summed E-state index contributed by atoms with van der Waals surface area (Å²) in [7, 11) is 0. The van der Waals surface area contributed by atoms with E-state index in [4.69, 9.17) is 0 Å². The van der Waals surface area contributed by atoms with E-state index in [2.05, 4.69) is 9.69 Å². The number of nitrogens with one attached hydrogen (secondary N) is 1. The first kappa shape index (κ1) is 10.1. The molecule has 0 aliphatic carbocycles. The number of aromatic nitrogens is 1. The molecular weight excluding hydrogens is 208 g/mol. The zero-order valence-electron chi connectivity index (χ0n) is 8.49. The number of nitrogens with zero attached hydrogens (tertiary/aromatic N) is 1. The van der Waals surface area contributed by atoms with Gasteiger partial charge in [0.15, 0.2) is 0 Å². The number of anilines is 1. The van der Waals surface area contributed by atoms with Crippen molar-refractivity contribution in [3.63, 3.8) is 0 Å². The summed E-state index contributed by atoms with van der Waals surface area (Å²) < 4.78 is 4.26. The highest BCUT2D eigenvalue weighted by molar-refractivity contribution is 7.12. The van der Waals surface area contributed by atoms with Gasteiger partial charge in [0.05, 0.1) is 5.52 Å². The van der Waals surface area contributed by atoms with Crippen molar-refractivity contribution >= 4 is 33.3 Å². The Morgan fingerprint density at radius 1 is 1.47 bits per heavy atom. The van der Waals surface area contributed by atoms with Crippen molar-refractivity contribution in [2.45, 2.75) is 19.8 Å². The van der Waals surface area contributed by atoms with Crippen LogP contribution >= 0.6 is 11.5 Å². The highest BCUT2D eigenvalue weighted by Gasteiger charge is 2.07.